The number of rotatable bonds is 3. The van der Waals surface area contributed by atoms with E-state index in [2.05, 4.69) is 10.1 Å². The second-order valence-corrected chi connectivity index (χ2v) is 4.10. The third-order valence-electron chi connectivity index (χ3n) is 1.60. The third-order valence-corrected chi connectivity index (χ3v) is 1.71. The average molecular weight is 223 g/mol. The van der Waals surface area contributed by atoms with Crippen molar-refractivity contribution in [3.05, 3.63) is 0 Å². The van der Waals surface area contributed by atoms with Crippen molar-refractivity contribution < 1.29 is 14.3 Å². The van der Waals surface area contributed by atoms with Crippen LogP contribution in [0.15, 0.2) is 0 Å². The molecule has 14 heavy (non-hydrogen) atoms. The standard InChI is InChI=1S/C8H15ClN2O3/c1-8(2,3)5(6(10)12)11-7(13)14-4-9/h5H,4H2,1-3H3,(H2,10,12)(H,11,13). The minimum absolute atomic E-state index is 0.262. The van der Waals surface area contributed by atoms with E-state index in [0.717, 1.165) is 0 Å². The molecule has 82 valence electrons. The molecule has 5 nitrogen and oxygen atoms in total. The molecule has 0 aromatic heterocycles. The van der Waals surface area contributed by atoms with Gasteiger partial charge >= 0.3 is 6.09 Å². The first-order valence-corrected chi connectivity index (χ1v) is 4.61. The molecular formula is C8H15ClN2O3. The zero-order valence-electron chi connectivity index (χ0n) is 8.46. The van der Waals surface area contributed by atoms with Gasteiger partial charge in [-0.05, 0) is 5.41 Å². The zero-order valence-corrected chi connectivity index (χ0v) is 9.22. The van der Waals surface area contributed by atoms with E-state index < -0.39 is 23.5 Å². The highest BCUT2D eigenvalue weighted by atomic mass is 35.5. The van der Waals surface area contributed by atoms with Gasteiger partial charge in [-0.3, -0.25) is 4.79 Å². The first kappa shape index (κ1) is 13.0. The van der Waals surface area contributed by atoms with Gasteiger partial charge in [-0.1, -0.05) is 32.4 Å². The van der Waals surface area contributed by atoms with E-state index in [4.69, 9.17) is 17.3 Å². The molecule has 0 aliphatic carbocycles. The average Bonchev–Trinajstić information content (AvgIpc) is 1.98. The smallest absolute Gasteiger partial charge is 0.409 e. The Morgan fingerprint density at radius 1 is 1.50 bits per heavy atom. The van der Waals surface area contributed by atoms with Gasteiger partial charge in [0.05, 0.1) is 0 Å². The van der Waals surface area contributed by atoms with E-state index in [1.807, 2.05) is 0 Å². The summed E-state index contributed by atoms with van der Waals surface area (Å²) in [5.41, 5.74) is 4.66. The number of carbonyl (C=O) groups is 2. The van der Waals surface area contributed by atoms with Crippen LogP contribution in [0.3, 0.4) is 0 Å². The molecule has 0 aromatic carbocycles. The molecule has 0 fully saturated rings. The maximum Gasteiger partial charge on any atom is 0.409 e. The molecule has 3 N–H and O–H groups in total. The predicted molar refractivity (Wildman–Crippen MR) is 52.8 cm³/mol. The number of carbonyl (C=O) groups excluding carboxylic acids is 2. The molecule has 0 aliphatic heterocycles. The summed E-state index contributed by atoms with van der Waals surface area (Å²) in [5, 5.41) is 2.34. The highest BCUT2D eigenvalue weighted by Crippen LogP contribution is 2.18. The summed E-state index contributed by atoms with van der Waals surface area (Å²) in [5.74, 6) is -0.607. The maximum absolute atomic E-state index is 11.0. The lowest BCUT2D eigenvalue weighted by Crippen LogP contribution is -2.52. The number of alkyl carbamates (subject to hydrolysis) is 1. The molecule has 0 spiro atoms. The van der Waals surface area contributed by atoms with Crippen LogP contribution in [0.2, 0.25) is 0 Å². The number of nitrogens with two attached hydrogens (primary N) is 1. The summed E-state index contributed by atoms with van der Waals surface area (Å²) in [7, 11) is 0. The number of ether oxygens (including phenoxy) is 1. The Hall–Kier alpha value is -0.970. The van der Waals surface area contributed by atoms with Crippen molar-refractivity contribution in [3.8, 4) is 0 Å². The predicted octanol–water partition coefficient (Wildman–Crippen LogP) is 0.809. The molecule has 6 heteroatoms. The van der Waals surface area contributed by atoms with Crippen LogP contribution in [0.5, 0.6) is 0 Å². The number of alkyl halides is 1. The topological polar surface area (TPSA) is 81.4 Å². The van der Waals surface area contributed by atoms with E-state index in [1.165, 1.54) is 0 Å². The van der Waals surface area contributed by atoms with Gasteiger partial charge in [-0.25, -0.2) is 4.79 Å². The van der Waals surface area contributed by atoms with Crippen molar-refractivity contribution in [1.29, 1.82) is 0 Å². The largest absolute Gasteiger partial charge is 0.433 e. The van der Waals surface area contributed by atoms with Crippen molar-refractivity contribution in [2.45, 2.75) is 26.8 Å². The highest BCUT2D eigenvalue weighted by Gasteiger charge is 2.31. The molecule has 1 unspecified atom stereocenters. The Morgan fingerprint density at radius 3 is 2.29 bits per heavy atom. The number of hydrogen-bond donors (Lipinski definition) is 2. The molecular weight excluding hydrogens is 208 g/mol. The minimum atomic E-state index is -0.779. The Morgan fingerprint density at radius 2 is 2.00 bits per heavy atom. The van der Waals surface area contributed by atoms with E-state index >= 15 is 0 Å². The summed E-state index contributed by atoms with van der Waals surface area (Å²) in [4.78, 5) is 22.0. The summed E-state index contributed by atoms with van der Waals surface area (Å²) in [6.07, 6.45) is -0.751. The summed E-state index contributed by atoms with van der Waals surface area (Å²) in [6, 6.07) is -1.04. The lowest BCUT2D eigenvalue weighted by Gasteiger charge is -2.28. The van der Waals surface area contributed by atoms with Crippen LogP contribution in [-0.4, -0.2) is 24.1 Å². The van der Waals surface area contributed by atoms with Crippen LogP contribution >= 0.6 is 11.6 Å². The maximum atomic E-state index is 11.0. The normalized spacial score (nSPS) is 13.1. The fraction of sp³-hybridized carbons (Fsp3) is 0.750. The SMILES string of the molecule is CC(C)(C)C(NC(=O)OCCl)C(N)=O. The lowest BCUT2D eigenvalue weighted by molar-refractivity contribution is -0.122. The number of amides is 2. The van der Waals surface area contributed by atoms with Crippen LogP contribution in [0.4, 0.5) is 4.79 Å². The van der Waals surface area contributed by atoms with Gasteiger partial charge < -0.3 is 15.8 Å². The van der Waals surface area contributed by atoms with Crippen LogP contribution in [0.1, 0.15) is 20.8 Å². The van der Waals surface area contributed by atoms with Crippen molar-refractivity contribution in [3.63, 3.8) is 0 Å². The van der Waals surface area contributed by atoms with Gasteiger partial charge in [0.15, 0.2) is 6.07 Å². The van der Waals surface area contributed by atoms with Crippen molar-refractivity contribution in [2.75, 3.05) is 6.07 Å². The van der Waals surface area contributed by atoms with Crippen molar-refractivity contribution in [2.24, 2.45) is 11.1 Å². The van der Waals surface area contributed by atoms with Crippen LogP contribution in [0.25, 0.3) is 0 Å². The number of primary amides is 1. The van der Waals surface area contributed by atoms with Crippen molar-refractivity contribution >= 4 is 23.6 Å². The second-order valence-electron chi connectivity index (χ2n) is 3.89. The van der Waals surface area contributed by atoms with Crippen LogP contribution in [0, 0.1) is 5.41 Å². The van der Waals surface area contributed by atoms with Gasteiger partial charge in [-0.2, -0.15) is 0 Å². The van der Waals surface area contributed by atoms with E-state index in [9.17, 15) is 9.59 Å². The summed E-state index contributed by atoms with van der Waals surface area (Å²) >= 11 is 5.17. The third kappa shape index (κ3) is 4.32. The molecule has 0 rings (SSSR count). The Labute approximate surface area is 87.9 Å². The van der Waals surface area contributed by atoms with Gasteiger partial charge in [0.2, 0.25) is 5.91 Å². The molecule has 0 saturated heterocycles. The zero-order chi connectivity index (χ0) is 11.4. The summed E-state index contributed by atoms with van der Waals surface area (Å²) in [6.45, 7) is 5.34. The molecule has 0 aliphatic rings. The second kappa shape index (κ2) is 5.05. The molecule has 0 heterocycles. The minimum Gasteiger partial charge on any atom is -0.433 e. The highest BCUT2D eigenvalue weighted by molar-refractivity contribution is 6.17. The quantitative estimate of drug-likeness (QED) is 0.694. The molecule has 0 saturated carbocycles. The van der Waals surface area contributed by atoms with E-state index in [0.29, 0.717) is 0 Å². The van der Waals surface area contributed by atoms with E-state index in [-0.39, 0.29) is 6.07 Å². The Bertz CT molecular complexity index is 225. The molecule has 0 aromatic rings. The number of halogens is 1. The molecule has 2 amide bonds. The fourth-order valence-corrected chi connectivity index (χ4v) is 1.02. The fourth-order valence-electron chi connectivity index (χ4n) is 0.923. The number of hydrogen-bond acceptors (Lipinski definition) is 3. The van der Waals surface area contributed by atoms with Gasteiger partial charge in [-0.15, -0.1) is 0 Å². The monoisotopic (exact) mass is 222 g/mol. The molecule has 0 bridgehead atoms. The van der Waals surface area contributed by atoms with Gasteiger partial charge in [0.1, 0.15) is 6.04 Å². The van der Waals surface area contributed by atoms with Crippen molar-refractivity contribution in [1.82, 2.24) is 5.32 Å². The Balaban J connectivity index is 4.40. The summed E-state index contributed by atoms with van der Waals surface area (Å²) < 4.78 is 4.43. The molecule has 0 radical (unpaired) electrons. The van der Waals surface area contributed by atoms with Crippen LogP contribution < -0.4 is 11.1 Å². The first-order valence-electron chi connectivity index (χ1n) is 4.07. The van der Waals surface area contributed by atoms with E-state index in [1.54, 1.807) is 20.8 Å². The van der Waals surface area contributed by atoms with Crippen LogP contribution in [-0.2, 0) is 9.53 Å². The first-order chi connectivity index (χ1) is 6.29. The van der Waals surface area contributed by atoms with Gasteiger partial charge in [0, 0.05) is 0 Å². The molecule has 1 atom stereocenters. The number of nitrogens with one attached hydrogen (secondary N) is 1. The Kier molecular flexibility index (Phi) is 4.70. The van der Waals surface area contributed by atoms with Gasteiger partial charge in [0.25, 0.3) is 0 Å². The lowest BCUT2D eigenvalue weighted by atomic mass is 9.86.